The highest BCUT2D eigenvalue weighted by Gasteiger charge is 2.71. The van der Waals surface area contributed by atoms with E-state index in [2.05, 4.69) is 0 Å². The Morgan fingerprint density at radius 3 is 2.64 bits per heavy atom. The average Bonchev–Trinajstić information content (AvgIpc) is 2.89. The van der Waals surface area contributed by atoms with E-state index in [-0.39, 0.29) is 36.4 Å². The number of carbonyl (C=O) groups is 3. The summed E-state index contributed by atoms with van der Waals surface area (Å²) in [4.78, 5) is 34.4. The summed E-state index contributed by atoms with van der Waals surface area (Å²) < 4.78 is 15.3. The number of hydrogen-bond donors (Lipinski definition) is 1. The molecule has 0 heterocycles. The van der Waals surface area contributed by atoms with Crippen LogP contribution in [0.3, 0.4) is 0 Å². The van der Waals surface area contributed by atoms with Crippen LogP contribution in [0.2, 0.25) is 0 Å². The molecule has 3 fully saturated rings. The lowest BCUT2D eigenvalue weighted by Gasteiger charge is -2.63. The van der Waals surface area contributed by atoms with Gasteiger partial charge in [-0.1, -0.05) is 26.8 Å². The number of alkyl halides is 2. The number of ketones is 2. The number of aliphatic hydroxyl groups excluding tert-OH is 1. The zero-order chi connectivity index (χ0) is 20.6. The van der Waals surface area contributed by atoms with Gasteiger partial charge >= 0.3 is 0 Å². The third-order valence-corrected chi connectivity index (χ3v) is 9.32. The number of hydrogen-bond acceptors (Lipinski definition) is 4. The Balaban J connectivity index is 1.85. The Bertz CT molecular complexity index is 821. The van der Waals surface area contributed by atoms with Gasteiger partial charge in [0.1, 0.15) is 6.17 Å². The summed E-state index contributed by atoms with van der Waals surface area (Å²) >= 11 is 7.22. The number of rotatable bonds is 2. The number of aliphatic hydroxyl groups is 1. The fourth-order valence-electron chi connectivity index (χ4n) is 7.25. The van der Waals surface area contributed by atoms with Gasteiger partial charge in [-0.15, -0.1) is 11.6 Å². The zero-order valence-corrected chi connectivity index (χ0v) is 17.1. The van der Waals surface area contributed by atoms with Gasteiger partial charge in [-0.3, -0.25) is 14.4 Å². The first-order valence-corrected chi connectivity index (χ1v) is 10.3. The first kappa shape index (κ1) is 20.0. The number of Topliss-reactive ketones (excluding diaryl/α,β-unsaturated/α-hetero) is 1. The smallest absolute Gasteiger partial charge is 0.199 e. The third kappa shape index (κ3) is 2.23. The Labute approximate surface area is 169 Å². The van der Waals surface area contributed by atoms with Crippen molar-refractivity contribution in [2.45, 2.75) is 57.2 Å². The summed E-state index contributed by atoms with van der Waals surface area (Å²) in [5, 5.41) is 11.3. The van der Waals surface area contributed by atoms with E-state index >= 15 is 4.39 Å². The van der Waals surface area contributed by atoms with Gasteiger partial charge in [0, 0.05) is 11.3 Å². The molecular formula is C22H26ClFO4. The molecule has 0 aromatic heterocycles. The van der Waals surface area contributed by atoms with Gasteiger partial charge in [0.25, 0.3) is 0 Å². The lowest BCUT2D eigenvalue weighted by atomic mass is 9.46. The van der Waals surface area contributed by atoms with Crippen molar-refractivity contribution in [2.24, 2.45) is 34.5 Å². The number of allylic oxidation sites excluding steroid dienone is 4. The molecule has 0 aromatic carbocycles. The predicted octanol–water partition coefficient (Wildman–Crippen LogP) is 3.20. The number of aldehydes is 1. The molecule has 0 spiro atoms. The summed E-state index contributed by atoms with van der Waals surface area (Å²) in [6.45, 7) is 5.68. The minimum atomic E-state index is -1.33. The fraction of sp³-hybridized carbons (Fsp3) is 0.682. The van der Waals surface area contributed by atoms with Crippen molar-refractivity contribution in [1.29, 1.82) is 0 Å². The summed E-state index contributed by atoms with van der Waals surface area (Å²) in [7, 11) is 0. The molecule has 28 heavy (non-hydrogen) atoms. The van der Waals surface area contributed by atoms with Crippen LogP contribution in [0.5, 0.6) is 0 Å². The summed E-state index contributed by atoms with van der Waals surface area (Å²) in [5.41, 5.74) is -1.26. The lowest BCUT2D eigenvalue weighted by Crippen LogP contribution is -2.67. The first-order valence-electron chi connectivity index (χ1n) is 9.96. The lowest BCUT2D eigenvalue weighted by molar-refractivity contribution is -0.143. The van der Waals surface area contributed by atoms with Gasteiger partial charge in [0.05, 0.1) is 11.0 Å². The van der Waals surface area contributed by atoms with E-state index in [0.717, 1.165) is 0 Å². The molecule has 152 valence electrons. The Morgan fingerprint density at radius 2 is 2.00 bits per heavy atom. The summed E-state index contributed by atoms with van der Waals surface area (Å²) in [6.07, 6.45) is 3.46. The Hall–Kier alpha value is -1.33. The van der Waals surface area contributed by atoms with Crippen LogP contribution < -0.4 is 0 Å². The Morgan fingerprint density at radius 1 is 1.32 bits per heavy atom. The molecule has 6 heteroatoms. The molecule has 9 atom stereocenters. The maximum Gasteiger partial charge on any atom is 0.199 e. The second-order valence-electron chi connectivity index (χ2n) is 9.66. The van der Waals surface area contributed by atoms with Crippen LogP contribution >= 0.6 is 11.6 Å². The SMILES string of the molecule is CC1C[C@H]2[C@@H]3CC(F)C4=CC(=O)C=C[C@]4(C)[C@@]3(Cl)C(O)C[C@]2(C)[C@H]1C(=O)C=O. The number of fused-ring (bicyclic) bond motifs is 5. The van der Waals surface area contributed by atoms with Crippen molar-refractivity contribution in [3.8, 4) is 0 Å². The van der Waals surface area contributed by atoms with Crippen molar-refractivity contribution in [1.82, 2.24) is 0 Å². The standard InChI is InChI=1S/C22H26ClFO4/c1-11-6-13-14-8-16(24)15-7-12(26)4-5-21(15,3)22(14,23)18(28)9-20(13,2)19(11)17(27)10-25/h4-5,7,10-11,13-14,16,18-19,28H,6,8-9H2,1-3H3/t11?,13-,14-,16?,18?,19+,20-,21-,22-/m0/s1. The van der Waals surface area contributed by atoms with Crippen molar-refractivity contribution < 1.29 is 23.9 Å². The molecule has 4 rings (SSSR count). The van der Waals surface area contributed by atoms with Crippen LogP contribution in [0.1, 0.15) is 40.0 Å². The molecule has 4 aliphatic carbocycles. The zero-order valence-electron chi connectivity index (χ0n) is 16.3. The van der Waals surface area contributed by atoms with Gasteiger partial charge in [0.15, 0.2) is 17.9 Å². The molecule has 0 amide bonds. The van der Waals surface area contributed by atoms with E-state index in [0.29, 0.717) is 18.3 Å². The highest BCUT2D eigenvalue weighted by Crippen LogP contribution is 2.70. The molecular weight excluding hydrogens is 383 g/mol. The Kier molecular flexibility index (Phi) is 4.34. The molecule has 1 N–H and O–H groups in total. The molecule has 3 saturated carbocycles. The molecule has 0 aliphatic heterocycles. The van der Waals surface area contributed by atoms with Gasteiger partial charge in [-0.2, -0.15) is 0 Å². The van der Waals surface area contributed by atoms with Crippen molar-refractivity contribution in [2.75, 3.05) is 0 Å². The quantitative estimate of drug-likeness (QED) is 0.432. The summed E-state index contributed by atoms with van der Waals surface area (Å²) in [6, 6.07) is 0. The highest BCUT2D eigenvalue weighted by atomic mass is 35.5. The van der Waals surface area contributed by atoms with Crippen LogP contribution in [0, 0.1) is 34.5 Å². The monoisotopic (exact) mass is 408 g/mol. The predicted molar refractivity (Wildman–Crippen MR) is 102 cm³/mol. The first-order chi connectivity index (χ1) is 13.0. The largest absolute Gasteiger partial charge is 0.391 e. The average molecular weight is 409 g/mol. The van der Waals surface area contributed by atoms with E-state index in [1.54, 1.807) is 13.0 Å². The van der Waals surface area contributed by atoms with Gasteiger partial charge in [-0.25, -0.2) is 4.39 Å². The maximum atomic E-state index is 15.3. The molecule has 0 radical (unpaired) electrons. The van der Waals surface area contributed by atoms with Gasteiger partial charge in [-0.05, 0) is 60.2 Å². The molecule has 4 nitrogen and oxygen atoms in total. The van der Waals surface area contributed by atoms with Crippen molar-refractivity contribution in [3.63, 3.8) is 0 Å². The van der Waals surface area contributed by atoms with Gasteiger partial charge in [0.2, 0.25) is 0 Å². The highest BCUT2D eigenvalue weighted by molar-refractivity contribution is 6.27. The molecule has 4 aliphatic rings. The molecule has 3 unspecified atom stereocenters. The topological polar surface area (TPSA) is 71.4 Å². The van der Waals surface area contributed by atoms with Crippen molar-refractivity contribution >= 4 is 29.5 Å². The van der Waals surface area contributed by atoms with E-state index in [1.807, 2.05) is 13.8 Å². The second kappa shape index (κ2) is 6.09. The van der Waals surface area contributed by atoms with E-state index in [9.17, 15) is 19.5 Å². The van der Waals surface area contributed by atoms with E-state index < -0.39 is 39.7 Å². The van der Waals surface area contributed by atoms with E-state index in [1.165, 1.54) is 12.2 Å². The van der Waals surface area contributed by atoms with Crippen LogP contribution in [-0.2, 0) is 14.4 Å². The third-order valence-electron chi connectivity index (χ3n) is 8.39. The van der Waals surface area contributed by atoms with Crippen LogP contribution in [0.4, 0.5) is 4.39 Å². The molecule has 0 saturated heterocycles. The summed E-state index contributed by atoms with van der Waals surface area (Å²) in [5.74, 6) is -1.70. The minimum absolute atomic E-state index is 0.0369. The van der Waals surface area contributed by atoms with Crippen LogP contribution in [0.25, 0.3) is 0 Å². The van der Waals surface area contributed by atoms with E-state index in [4.69, 9.17) is 11.6 Å². The van der Waals surface area contributed by atoms with Crippen LogP contribution in [-0.4, -0.2) is 40.1 Å². The van der Waals surface area contributed by atoms with Crippen LogP contribution in [0.15, 0.2) is 23.8 Å². The van der Waals surface area contributed by atoms with Crippen molar-refractivity contribution in [3.05, 3.63) is 23.8 Å². The maximum absolute atomic E-state index is 15.3. The van der Waals surface area contributed by atoms with Gasteiger partial charge < -0.3 is 5.11 Å². The minimum Gasteiger partial charge on any atom is -0.391 e. The molecule has 0 aromatic rings. The number of halogens is 2. The second-order valence-corrected chi connectivity index (χ2v) is 10.3. The number of carbonyl (C=O) groups excluding carboxylic acids is 3. The molecule has 0 bridgehead atoms. The normalized spacial score (nSPS) is 52.4. The fourth-order valence-corrected chi connectivity index (χ4v) is 7.74.